The van der Waals surface area contributed by atoms with E-state index in [1.807, 2.05) is 72.2 Å². The molecule has 0 atom stereocenters. The number of rotatable bonds is 5. The molecule has 1 heterocycles. The minimum atomic E-state index is -0.221. The Morgan fingerprint density at radius 3 is 2.79 bits per heavy atom. The third-order valence-corrected chi connectivity index (χ3v) is 4.68. The molecule has 0 spiro atoms. The summed E-state index contributed by atoms with van der Waals surface area (Å²) in [5, 5.41) is 6.24. The molecule has 0 aliphatic heterocycles. The Labute approximate surface area is 162 Å². The number of hydrogen-bond acceptors (Lipinski definition) is 4. The van der Waals surface area contributed by atoms with E-state index in [4.69, 9.17) is 4.74 Å². The lowest BCUT2D eigenvalue weighted by atomic mass is 10.0. The highest BCUT2D eigenvalue weighted by atomic mass is 16.5. The number of carbonyl (C=O) groups excluding carboxylic acids is 1. The highest BCUT2D eigenvalue weighted by Crippen LogP contribution is 2.26. The number of ether oxygens (including phenoxy) is 1. The normalized spacial score (nSPS) is 11.4. The van der Waals surface area contributed by atoms with Crippen LogP contribution in [-0.2, 0) is 11.3 Å². The summed E-state index contributed by atoms with van der Waals surface area (Å²) in [6.45, 7) is 2.04. The predicted octanol–water partition coefficient (Wildman–Crippen LogP) is 3.66. The number of imidazole rings is 1. The maximum atomic E-state index is 12.4. The standard InChI is InChI=1S/C22H20N4O2/c1-15-24-19-9-5-6-10-20(19)26(15)14-22(27)25-23-13-18-17-8-4-3-7-16(17)11-12-21(18)28-2/h3-13H,14H2,1-2H3,(H,25,27)/b23-13-. The Hall–Kier alpha value is -3.67. The number of fused-ring (bicyclic) bond motifs is 2. The van der Waals surface area contributed by atoms with Crippen molar-refractivity contribution in [2.75, 3.05) is 7.11 Å². The maximum absolute atomic E-state index is 12.4. The Bertz CT molecular complexity index is 1190. The van der Waals surface area contributed by atoms with Crippen LogP contribution in [0.4, 0.5) is 0 Å². The first-order chi connectivity index (χ1) is 13.7. The monoisotopic (exact) mass is 372 g/mol. The quantitative estimate of drug-likeness (QED) is 0.429. The van der Waals surface area contributed by atoms with Crippen molar-refractivity contribution in [1.82, 2.24) is 15.0 Å². The third-order valence-electron chi connectivity index (χ3n) is 4.68. The van der Waals surface area contributed by atoms with Gasteiger partial charge in [0.25, 0.3) is 5.91 Å². The van der Waals surface area contributed by atoms with E-state index >= 15 is 0 Å². The lowest BCUT2D eigenvalue weighted by Gasteiger charge is -2.09. The number of aromatic nitrogens is 2. The Balaban J connectivity index is 1.54. The van der Waals surface area contributed by atoms with Crippen LogP contribution in [0.3, 0.4) is 0 Å². The second-order valence-electron chi connectivity index (χ2n) is 6.43. The molecule has 4 aromatic rings. The molecule has 0 radical (unpaired) electrons. The number of benzene rings is 3. The van der Waals surface area contributed by atoms with Crippen molar-refractivity contribution in [2.24, 2.45) is 5.10 Å². The fraction of sp³-hybridized carbons (Fsp3) is 0.136. The number of amides is 1. The molecule has 0 saturated carbocycles. The van der Waals surface area contributed by atoms with Gasteiger partial charge in [-0.25, -0.2) is 10.4 Å². The van der Waals surface area contributed by atoms with E-state index in [-0.39, 0.29) is 12.5 Å². The molecule has 6 heteroatoms. The lowest BCUT2D eigenvalue weighted by molar-refractivity contribution is -0.121. The summed E-state index contributed by atoms with van der Waals surface area (Å²) in [7, 11) is 1.62. The second-order valence-corrected chi connectivity index (χ2v) is 6.43. The van der Waals surface area contributed by atoms with E-state index in [2.05, 4.69) is 15.5 Å². The molecule has 140 valence electrons. The molecule has 0 unspecified atom stereocenters. The summed E-state index contributed by atoms with van der Waals surface area (Å²) in [6, 6.07) is 19.6. The fourth-order valence-corrected chi connectivity index (χ4v) is 3.33. The van der Waals surface area contributed by atoms with Gasteiger partial charge < -0.3 is 9.30 Å². The molecule has 0 bridgehead atoms. The molecule has 0 saturated heterocycles. The van der Waals surface area contributed by atoms with Gasteiger partial charge in [-0.3, -0.25) is 4.79 Å². The number of hydrogen-bond donors (Lipinski definition) is 1. The molecule has 1 N–H and O–H groups in total. The zero-order valence-electron chi connectivity index (χ0n) is 15.7. The number of nitrogens with one attached hydrogen (secondary N) is 1. The van der Waals surface area contributed by atoms with Crippen LogP contribution in [0.2, 0.25) is 0 Å². The summed E-state index contributed by atoms with van der Waals surface area (Å²) in [6.07, 6.45) is 1.62. The highest BCUT2D eigenvalue weighted by molar-refractivity contribution is 6.02. The summed E-state index contributed by atoms with van der Waals surface area (Å²) in [4.78, 5) is 16.9. The van der Waals surface area contributed by atoms with E-state index in [9.17, 15) is 4.79 Å². The topological polar surface area (TPSA) is 68.5 Å². The van der Waals surface area contributed by atoms with Gasteiger partial charge in [0.1, 0.15) is 18.1 Å². The van der Waals surface area contributed by atoms with Gasteiger partial charge in [-0.2, -0.15) is 5.10 Å². The maximum Gasteiger partial charge on any atom is 0.260 e. The Morgan fingerprint density at radius 1 is 1.14 bits per heavy atom. The van der Waals surface area contributed by atoms with Gasteiger partial charge in [0, 0.05) is 5.56 Å². The summed E-state index contributed by atoms with van der Waals surface area (Å²) in [5.41, 5.74) is 5.23. The van der Waals surface area contributed by atoms with E-state index in [1.54, 1.807) is 13.3 Å². The number of carbonyl (C=O) groups is 1. The fourth-order valence-electron chi connectivity index (χ4n) is 3.33. The van der Waals surface area contributed by atoms with Crippen molar-refractivity contribution < 1.29 is 9.53 Å². The molecule has 6 nitrogen and oxygen atoms in total. The van der Waals surface area contributed by atoms with Crippen LogP contribution < -0.4 is 10.2 Å². The first-order valence-electron chi connectivity index (χ1n) is 8.97. The van der Waals surface area contributed by atoms with E-state index in [1.165, 1.54) is 0 Å². The van der Waals surface area contributed by atoms with Crippen molar-refractivity contribution in [1.29, 1.82) is 0 Å². The Kier molecular flexibility index (Phi) is 4.76. The number of hydrazone groups is 1. The van der Waals surface area contributed by atoms with Crippen LogP contribution in [0.15, 0.2) is 65.8 Å². The van der Waals surface area contributed by atoms with Gasteiger partial charge in [0.15, 0.2) is 0 Å². The van der Waals surface area contributed by atoms with Crippen LogP contribution >= 0.6 is 0 Å². The SMILES string of the molecule is COc1ccc2ccccc2c1/C=N\NC(=O)Cn1c(C)nc2ccccc21. The van der Waals surface area contributed by atoms with Crippen LogP contribution in [0.5, 0.6) is 5.75 Å². The van der Waals surface area contributed by atoms with Crippen molar-refractivity contribution >= 4 is 33.9 Å². The summed E-state index contributed by atoms with van der Waals surface area (Å²) < 4.78 is 7.32. The molecule has 1 aromatic heterocycles. The van der Waals surface area contributed by atoms with Gasteiger partial charge in [0.05, 0.1) is 24.4 Å². The predicted molar refractivity (Wildman–Crippen MR) is 111 cm³/mol. The largest absolute Gasteiger partial charge is 0.496 e. The summed E-state index contributed by atoms with van der Waals surface area (Å²) >= 11 is 0. The third kappa shape index (κ3) is 3.32. The zero-order valence-corrected chi connectivity index (χ0v) is 15.7. The van der Waals surface area contributed by atoms with Gasteiger partial charge in [-0.05, 0) is 35.9 Å². The zero-order chi connectivity index (χ0) is 19.5. The molecule has 28 heavy (non-hydrogen) atoms. The number of para-hydroxylation sites is 2. The first kappa shape index (κ1) is 17.7. The lowest BCUT2D eigenvalue weighted by Crippen LogP contribution is -2.23. The van der Waals surface area contributed by atoms with Gasteiger partial charge in [-0.15, -0.1) is 0 Å². The van der Waals surface area contributed by atoms with Gasteiger partial charge >= 0.3 is 0 Å². The number of methoxy groups -OCH3 is 1. The first-order valence-corrected chi connectivity index (χ1v) is 8.97. The molecule has 1 amide bonds. The highest BCUT2D eigenvalue weighted by Gasteiger charge is 2.10. The van der Waals surface area contributed by atoms with Crippen molar-refractivity contribution in [3.05, 3.63) is 72.1 Å². The van der Waals surface area contributed by atoms with Crippen LogP contribution in [-0.4, -0.2) is 28.8 Å². The number of nitrogens with zero attached hydrogens (tertiary/aromatic N) is 3. The summed E-state index contributed by atoms with van der Waals surface area (Å²) in [5.74, 6) is 1.27. The van der Waals surface area contributed by atoms with Gasteiger partial charge in [0.2, 0.25) is 0 Å². The molecule has 0 fully saturated rings. The second kappa shape index (κ2) is 7.52. The molecule has 3 aromatic carbocycles. The van der Waals surface area contributed by atoms with E-state index in [0.717, 1.165) is 33.2 Å². The average molecular weight is 372 g/mol. The van der Waals surface area contributed by atoms with E-state index < -0.39 is 0 Å². The minimum absolute atomic E-state index is 0.149. The molecular weight excluding hydrogens is 352 g/mol. The van der Waals surface area contributed by atoms with Gasteiger partial charge in [-0.1, -0.05) is 42.5 Å². The van der Waals surface area contributed by atoms with Crippen LogP contribution in [0.1, 0.15) is 11.4 Å². The molecule has 4 rings (SSSR count). The van der Waals surface area contributed by atoms with Crippen molar-refractivity contribution in [2.45, 2.75) is 13.5 Å². The molecule has 0 aliphatic carbocycles. The van der Waals surface area contributed by atoms with E-state index in [0.29, 0.717) is 5.75 Å². The van der Waals surface area contributed by atoms with Crippen LogP contribution in [0, 0.1) is 6.92 Å². The molecular formula is C22H20N4O2. The van der Waals surface area contributed by atoms with Crippen molar-refractivity contribution in [3.8, 4) is 5.75 Å². The average Bonchev–Trinajstić information content (AvgIpc) is 3.03. The Morgan fingerprint density at radius 2 is 1.93 bits per heavy atom. The minimum Gasteiger partial charge on any atom is -0.496 e. The van der Waals surface area contributed by atoms with Crippen molar-refractivity contribution in [3.63, 3.8) is 0 Å². The molecule has 0 aliphatic rings. The number of aryl methyl sites for hydroxylation is 1. The smallest absolute Gasteiger partial charge is 0.260 e. The van der Waals surface area contributed by atoms with Crippen LogP contribution in [0.25, 0.3) is 21.8 Å².